The summed E-state index contributed by atoms with van der Waals surface area (Å²) in [5.41, 5.74) is 1.07. The molecule has 25 heavy (non-hydrogen) atoms. The zero-order valence-corrected chi connectivity index (χ0v) is 17.8. The van der Waals surface area contributed by atoms with Crippen LogP contribution in [0.5, 0.6) is 5.75 Å². The van der Waals surface area contributed by atoms with Crippen LogP contribution < -0.4 is 15.4 Å². The molecule has 0 radical (unpaired) electrons. The lowest BCUT2D eigenvalue weighted by molar-refractivity contribution is 0.192. The Morgan fingerprint density at radius 2 is 2.00 bits per heavy atom. The fourth-order valence-corrected chi connectivity index (χ4v) is 2.18. The van der Waals surface area contributed by atoms with E-state index in [1.54, 1.807) is 13.2 Å². The molecule has 142 valence electrons. The Balaban J connectivity index is 0.00000576. The maximum absolute atomic E-state index is 5.67. The number of guanidine groups is 1. The third-order valence-corrected chi connectivity index (χ3v) is 3.40. The Hall–Kier alpha value is -1.28. The molecule has 0 amide bonds. The van der Waals surface area contributed by atoms with Crippen LogP contribution in [0, 0.1) is 0 Å². The first-order valence-electron chi connectivity index (χ1n) is 8.64. The highest BCUT2D eigenvalue weighted by Gasteiger charge is 2.03. The zero-order chi connectivity index (χ0) is 17.5. The van der Waals surface area contributed by atoms with Gasteiger partial charge in [-0.3, -0.25) is 0 Å². The molecule has 2 N–H and O–H groups in total. The first kappa shape index (κ1) is 23.7. The highest BCUT2D eigenvalue weighted by molar-refractivity contribution is 14.0. The summed E-state index contributed by atoms with van der Waals surface area (Å²) in [4.78, 5) is 4.65. The minimum atomic E-state index is 0. The van der Waals surface area contributed by atoms with Gasteiger partial charge in [-0.05, 0) is 32.3 Å². The van der Waals surface area contributed by atoms with Crippen LogP contribution in [-0.2, 0) is 11.3 Å². The molecule has 0 aromatic heterocycles. The van der Waals surface area contributed by atoms with Crippen LogP contribution in [0.25, 0.3) is 0 Å². The molecule has 0 atom stereocenters. The predicted molar refractivity (Wildman–Crippen MR) is 116 cm³/mol. The van der Waals surface area contributed by atoms with E-state index in [4.69, 9.17) is 9.47 Å². The molecule has 0 aliphatic heterocycles. The van der Waals surface area contributed by atoms with Crippen LogP contribution in [0.4, 0.5) is 0 Å². The van der Waals surface area contributed by atoms with Crippen LogP contribution >= 0.6 is 24.0 Å². The number of ether oxygens (including phenoxy) is 2. The lowest BCUT2D eigenvalue weighted by atomic mass is 10.2. The van der Waals surface area contributed by atoms with Crippen molar-refractivity contribution >= 4 is 29.9 Å². The molecular formula is C19H32IN3O2. The standard InChI is InChI=1S/C19H31N3O2.HI/c1-4-14-24-18-12-8-7-11-17(18)16-22-19(20-5-2)21-13-9-6-10-15-23-3;/h4,7-8,11-12H,1,5-6,9-10,13-16H2,2-3H3,(H2,20,21,22);1H. The second kappa shape index (κ2) is 16.2. The fourth-order valence-electron chi connectivity index (χ4n) is 2.18. The quantitative estimate of drug-likeness (QED) is 0.164. The second-order valence-corrected chi connectivity index (χ2v) is 5.38. The van der Waals surface area contributed by atoms with Gasteiger partial charge in [0, 0.05) is 32.4 Å². The van der Waals surface area contributed by atoms with E-state index in [2.05, 4.69) is 29.1 Å². The van der Waals surface area contributed by atoms with Gasteiger partial charge in [-0.1, -0.05) is 30.9 Å². The molecule has 0 bridgehead atoms. The van der Waals surface area contributed by atoms with Crippen LogP contribution in [0.3, 0.4) is 0 Å². The molecule has 0 aliphatic carbocycles. The third kappa shape index (κ3) is 11.0. The summed E-state index contributed by atoms with van der Waals surface area (Å²) in [6.45, 7) is 9.40. The Kier molecular flexibility index (Phi) is 15.4. The third-order valence-electron chi connectivity index (χ3n) is 3.40. The molecule has 0 heterocycles. The van der Waals surface area contributed by atoms with E-state index < -0.39 is 0 Å². The average Bonchev–Trinajstić information content (AvgIpc) is 2.61. The molecule has 0 unspecified atom stereocenters. The predicted octanol–water partition coefficient (Wildman–Crippen LogP) is 3.74. The fraction of sp³-hybridized carbons (Fsp3) is 0.526. The summed E-state index contributed by atoms with van der Waals surface area (Å²) in [6.07, 6.45) is 5.10. The number of benzene rings is 1. The minimum absolute atomic E-state index is 0. The monoisotopic (exact) mass is 461 g/mol. The van der Waals surface area contributed by atoms with Gasteiger partial charge >= 0.3 is 0 Å². The Labute approximate surface area is 169 Å². The van der Waals surface area contributed by atoms with Gasteiger partial charge < -0.3 is 20.1 Å². The largest absolute Gasteiger partial charge is 0.489 e. The number of halogens is 1. The summed E-state index contributed by atoms with van der Waals surface area (Å²) in [5, 5.41) is 6.65. The van der Waals surface area contributed by atoms with Crippen molar-refractivity contribution in [2.75, 3.05) is 33.4 Å². The van der Waals surface area contributed by atoms with Crippen molar-refractivity contribution in [3.8, 4) is 5.75 Å². The summed E-state index contributed by atoms with van der Waals surface area (Å²) in [7, 11) is 1.74. The van der Waals surface area contributed by atoms with Crippen LogP contribution in [-0.4, -0.2) is 39.4 Å². The lowest BCUT2D eigenvalue weighted by Gasteiger charge is -2.12. The van der Waals surface area contributed by atoms with Crippen molar-refractivity contribution in [1.82, 2.24) is 10.6 Å². The molecule has 0 spiro atoms. The Bertz CT molecular complexity index is 495. The van der Waals surface area contributed by atoms with Crippen molar-refractivity contribution in [2.24, 2.45) is 4.99 Å². The van der Waals surface area contributed by atoms with Crippen molar-refractivity contribution in [3.05, 3.63) is 42.5 Å². The summed E-state index contributed by atoms with van der Waals surface area (Å²) >= 11 is 0. The topological polar surface area (TPSA) is 54.9 Å². The highest BCUT2D eigenvalue weighted by atomic mass is 127. The molecule has 1 aromatic rings. The molecule has 0 saturated carbocycles. The van der Waals surface area contributed by atoms with Gasteiger partial charge in [0.15, 0.2) is 5.96 Å². The van der Waals surface area contributed by atoms with Crippen molar-refractivity contribution in [2.45, 2.75) is 32.7 Å². The maximum atomic E-state index is 5.67. The van der Waals surface area contributed by atoms with Gasteiger partial charge in [-0.15, -0.1) is 24.0 Å². The number of hydrogen-bond acceptors (Lipinski definition) is 3. The average molecular weight is 461 g/mol. The minimum Gasteiger partial charge on any atom is -0.489 e. The van der Waals surface area contributed by atoms with E-state index in [0.717, 1.165) is 56.2 Å². The van der Waals surface area contributed by atoms with Crippen LogP contribution in [0.15, 0.2) is 41.9 Å². The summed E-state index contributed by atoms with van der Waals surface area (Å²) in [5.74, 6) is 1.69. The molecule has 0 saturated heterocycles. The number of hydrogen-bond donors (Lipinski definition) is 2. The van der Waals surface area contributed by atoms with Crippen LogP contribution in [0.1, 0.15) is 31.7 Å². The SMILES string of the molecule is C=CCOc1ccccc1CN=C(NCC)NCCCCCOC.I. The van der Waals surface area contributed by atoms with E-state index >= 15 is 0 Å². The summed E-state index contributed by atoms with van der Waals surface area (Å²) < 4.78 is 10.7. The number of nitrogens with zero attached hydrogens (tertiary/aromatic N) is 1. The van der Waals surface area contributed by atoms with Gasteiger partial charge in [0.25, 0.3) is 0 Å². The van der Waals surface area contributed by atoms with Gasteiger partial charge in [0.2, 0.25) is 0 Å². The molecule has 1 aromatic carbocycles. The van der Waals surface area contributed by atoms with Gasteiger partial charge in [-0.2, -0.15) is 0 Å². The molecule has 0 aliphatic rings. The van der Waals surface area contributed by atoms with E-state index in [-0.39, 0.29) is 24.0 Å². The van der Waals surface area contributed by atoms with Crippen molar-refractivity contribution < 1.29 is 9.47 Å². The van der Waals surface area contributed by atoms with E-state index in [0.29, 0.717) is 13.2 Å². The first-order chi connectivity index (χ1) is 11.8. The lowest BCUT2D eigenvalue weighted by Crippen LogP contribution is -2.37. The maximum Gasteiger partial charge on any atom is 0.191 e. The Morgan fingerprint density at radius 3 is 2.72 bits per heavy atom. The Morgan fingerprint density at radius 1 is 1.20 bits per heavy atom. The number of para-hydroxylation sites is 1. The first-order valence-corrected chi connectivity index (χ1v) is 8.64. The van der Waals surface area contributed by atoms with E-state index in [1.807, 2.05) is 24.3 Å². The number of unbranched alkanes of at least 4 members (excludes halogenated alkanes) is 2. The van der Waals surface area contributed by atoms with Crippen molar-refractivity contribution in [3.63, 3.8) is 0 Å². The normalized spacial score (nSPS) is 10.7. The van der Waals surface area contributed by atoms with E-state index in [9.17, 15) is 0 Å². The summed E-state index contributed by atoms with van der Waals surface area (Å²) in [6, 6.07) is 7.97. The zero-order valence-electron chi connectivity index (χ0n) is 15.4. The highest BCUT2D eigenvalue weighted by Crippen LogP contribution is 2.18. The number of nitrogens with one attached hydrogen (secondary N) is 2. The molecule has 6 heteroatoms. The number of rotatable bonds is 12. The van der Waals surface area contributed by atoms with Crippen molar-refractivity contribution in [1.29, 1.82) is 0 Å². The number of aliphatic imine (C=N–C) groups is 1. The second-order valence-electron chi connectivity index (χ2n) is 5.38. The molecule has 5 nitrogen and oxygen atoms in total. The molecular weight excluding hydrogens is 429 g/mol. The van der Waals surface area contributed by atoms with Crippen LogP contribution in [0.2, 0.25) is 0 Å². The van der Waals surface area contributed by atoms with Gasteiger partial charge in [-0.25, -0.2) is 4.99 Å². The van der Waals surface area contributed by atoms with E-state index in [1.165, 1.54) is 0 Å². The van der Waals surface area contributed by atoms with Gasteiger partial charge in [0.05, 0.1) is 6.54 Å². The number of methoxy groups -OCH3 is 1. The van der Waals surface area contributed by atoms with Gasteiger partial charge in [0.1, 0.15) is 12.4 Å². The smallest absolute Gasteiger partial charge is 0.191 e. The molecule has 0 fully saturated rings. The molecule has 1 rings (SSSR count).